The van der Waals surface area contributed by atoms with Gasteiger partial charge in [-0.15, -0.1) is 11.3 Å². The Morgan fingerprint density at radius 2 is 1.97 bits per heavy atom. The van der Waals surface area contributed by atoms with Crippen molar-refractivity contribution in [3.63, 3.8) is 0 Å². The lowest BCUT2D eigenvalue weighted by Gasteiger charge is -2.26. The fourth-order valence-electron chi connectivity index (χ4n) is 3.19. The zero-order valence-electron chi connectivity index (χ0n) is 17.7. The summed E-state index contributed by atoms with van der Waals surface area (Å²) in [6.07, 6.45) is 3.31. The second-order valence-electron chi connectivity index (χ2n) is 7.73. The second-order valence-corrected chi connectivity index (χ2v) is 8.79. The van der Waals surface area contributed by atoms with E-state index in [1.807, 2.05) is 68.6 Å². The number of aryl methyl sites for hydroxylation is 1. The lowest BCUT2D eigenvalue weighted by atomic mass is 9.93. The number of nitrogens with one attached hydrogen (secondary N) is 1. The first-order chi connectivity index (χ1) is 14.9. The van der Waals surface area contributed by atoms with Gasteiger partial charge in [0.25, 0.3) is 0 Å². The topological polar surface area (TPSA) is 69.7 Å². The van der Waals surface area contributed by atoms with Gasteiger partial charge < -0.3 is 19.5 Å². The van der Waals surface area contributed by atoms with Crippen molar-refractivity contribution in [2.24, 2.45) is 0 Å². The standard InChI is InChI=1S/C24H24N2O4S/c1-16-25-19(14-31-16)13-28-20-8-4-17(5-9-20)6-11-23(27)26-24(2,3)18-7-10-21-22(12-18)30-15-29-21/h4-12,14H,13,15H2,1-3H3,(H,26,27)/b11-6+. The summed E-state index contributed by atoms with van der Waals surface area (Å²) in [4.78, 5) is 16.9. The predicted molar refractivity (Wildman–Crippen MR) is 120 cm³/mol. The van der Waals surface area contributed by atoms with Crippen LogP contribution in [0.2, 0.25) is 0 Å². The van der Waals surface area contributed by atoms with Crippen molar-refractivity contribution in [3.05, 3.63) is 75.7 Å². The van der Waals surface area contributed by atoms with Crippen molar-refractivity contribution in [3.8, 4) is 17.2 Å². The van der Waals surface area contributed by atoms with Crippen molar-refractivity contribution in [2.45, 2.75) is 32.9 Å². The molecule has 0 bridgehead atoms. The van der Waals surface area contributed by atoms with Gasteiger partial charge in [0.2, 0.25) is 12.7 Å². The number of rotatable bonds is 7. The quantitative estimate of drug-likeness (QED) is 0.538. The van der Waals surface area contributed by atoms with Gasteiger partial charge in [0.15, 0.2) is 11.5 Å². The number of carbonyl (C=O) groups excluding carboxylic acids is 1. The highest BCUT2D eigenvalue weighted by atomic mass is 32.1. The maximum atomic E-state index is 12.5. The third-order valence-electron chi connectivity index (χ3n) is 4.89. The summed E-state index contributed by atoms with van der Waals surface area (Å²) in [5, 5.41) is 6.06. The van der Waals surface area contributed by atoms with Crippen molar-refractivity contribution >= 4 is 23.3 Å². The Labute approximate surface area is 185 Å². The van der Waals surface area contributed by atoms with E-state index >= 15 is 0 Å². The Kier molecular flexibility index (Phi) is 5.95. The molecular formula is C24H24N2O4S. The van der Waals surface area contributed by atoms with E-state index in [4.69, 9.17) is 14.2 Å². The van der Waals surface area contributed by atoms with E-state index in [2.05, 4.69) is 10.3 Å². The lowest BCUT2D eigenvalue weighted by Crippen LogP contribution is -2.40. The Bertz CT molecular complexity index is 1100. The SMILES string of the molecule is Cc1nc(COc2ccc(/C=C/C(=O)NC(C)(C)c3ccc4c(c3)OCO4)cc2)cs1. The van der Waals surface area contributed by atoms with Gasteiger partial charge in [-0.2, -0.15) is 0 Å². The molecular weight excluding hydrogens is 412 g/mol. The van der Waals surface area contributed by atoms with Crippen LogP contribution in [0.1, 0.15) is 35.7 Å². The molecule has 31 heavy (non-hydrogen) atoms. The predicted octanol–water partition coefficient (Wildman–Crippen LogP) is 4.82. The minimum atomic E-state index is -0.561. The van der Waals surface area contributed by atoms with Crippen LogP contribution >= 0.6 is 11.3 Å². The van der Waals surface area contributed by atoms with E-state index in [1.54, 1.807) is 17.4 Å². The van der Waals surface area contributed by atoms with Crippen LogP contribution in [0.5, 0.6) is 17.2 Å². The second kappa shape index (κ2) is 8.81. The molecule has 1 aliphatic rings. The summed E-state index contributed by atoms with van der Waals surface area (Å²) >= 11 is 1.61. The minimum Gasteiger partial charge on any atom is -0.487 e. The first-order valence-electron chi connectivity index (χ1n) is 9.93. The Morgan fingerprint density at radius 1 is 1.19 bits per heavy atom. The average molecular weight is 437 g/mol. The van der Waals surface area contributed by atoms with Crippen LogP contribution in [-0.2, 0) is 16.9 Å². The highest BCUT2D eigenvalue weighted by Gasteiger charge is 2.25. The molecule has 160 valence electrons. The number of aromatic nitrogens is 1. The number of nitrogens with zero attached hydrogens (tertiary/aromatic N) is 1. The fraction of sp³-hybridized carbons (Fsp3) is 0.250. The summed E-state index contributed by atoms with van der Waals surface area (Å²) in [7, 11) is 0. The fourth-order valence-corrected chi connectivity index (χ4v) is 3.78. The molecule has 0 saturated carbocycles. The Balaban J connectivity index is 1.33. The maximum absolute atomic E-state index is 12.5. The number of amides is 1. The molecule has 0 radical (unpaired) electrons. The maximum Gasteiger partial charge on any atom is 0.244 e. The molecule has 0 aliphatic carbocycles. The van der Waals surface area contributed by atoms with E-state index in [1.165, 1.54) is 6.08 Å². The smallest absolute Gasteiger partial charge is 0.244 e. The third-order valence-corrected chi connectivity index (χ3v) is 5.71. The molecule has 2 heterocycles. The van der Waals surface area contributed by atoms with Gasteiger partial charge in [-0.3, -0.25) is 4.79 Å². The summed E-state index contributed by atoms with van der Waals surface area (Å²) in [5.41, 5.74) is 2.21. The van der Waals surface area contributed by atoms with Crippen LogP contribution in [0.3, 0.4) is 0 Å². The molecule has 0 unspecified atom stereocenters. The molecule has 1 aromatic heterocycles. The van der Waals surface area contributed by atoms with Gasteiger partial charge in [0, 0.05) is 11.5 Å². The Morgan fingerprint density at radius 3 is 2.71 bits per heavy atom. The van der Waals surface area contributed by atoms with Crippen LogP contribution in [0.15, 0.2) is 53.9 Å². The van der Waals surface area contributed by atoms with E-state index < -0.39 is 5.54 Å². The zero-order valence-corrected chi connectivity index (χ0v) is 18.5. The summed E-state index contributed by atoms with van der Waals surface area (Å²) < 4.78 is 16.5. The number of fused-ring (bicyclic) bond motifs is 1. The number of benzene rings is 2. The van der Waals surface area contributed by atoms with Crippen LogP contribution < -0.4 is 19.5 Å². The summed E-state index contributed by atoms with van der Waals surface area (Å²) in [5.74, 6) is 2.00. The summed E-state index contributed by atoms with van der Waals surface area (Å²) in [6, 6.07) is 13.3. The molecule has 0 spiro atoms. The first kappa shape index (κ1) is 20.9. The first-order valence-corrected chi connectivity index (χ1v) is 10.8. The number of ether oxygens (including phenoxy) is 3. The largest absolute Gasteiger partial charge is 0.487 e. The van der Waals surface area contributed by atoms with Crippen molar-refractivity contribution in [1.29, 1.82) is 0 Å². The molecule has 4 rings (SSSR count). The molecule has 0 saturated heterocycles. The molecule has 2 aromatic carbocycles. The van der Waals surface area contributed by atoms with Gasteiger partial charge in [-0.05, 0) is 62.2 Å². The number of carbonyl (C=O) groups is 1. The van der Waals surface area contributed by atoms with E-state index in [9.17, 15) is 4.79 Å². The average Bonchev–Trinajstić information content (AvgIpc) is 3.39. The lowest BCUT2D eigenvalue weighted by molar-refractivity contribution is -0.118. The van der Waals surface area contributed by atoms with Crippen LogP contribution in [0, 0.1) is 6.92 Å². The molecule has 0 atom stereocenters. The van der Waals surface area contributed by atoms with Gasteiger partial charge in [0.1, 0.15) is 12.4 Å². The van der Waals surface area contributed by atoms with Gasteiger partial charge in [-0.1, -0.05) is 18.2 Å². The molecule has 1 N–H and O–H groups in total. The Hall–Kier alpha value is -3.32. The monoisotopic (exact) mass is 436 g/mol. The number of thiazole rings is 1. The molecule has 1 aliphatic heterocycles. The highest BCUT2D eigenvalue weighted by Crippen LogP contribution is 2.35. The molecule has 3 aromatic rings. The zero-order chi connectivity index (χ0) is 21.8. The minimum absolute atomic E-state index is 0.179. The van der Waals surface area contributed by atoms with E-state index in [-0.39, 0.29) is 12.7 Å². The molecule has 1 amide bonds. The van der Waals surface area contributed by atoms with Gasteiger partial charge in [-0.25, -0.2) is 4.98 Å². The van der Waals surface area contributed by atoms with E-state index in [0.717, 1.165) is 33.3 Å². The number of hydrogen-bond donors (Lipinski definition) is 1. The summed E-state index contributed by atoms with van der Waals surface area (Å²) in [6.45, 7) is 6.54. The van der Waals surface area contributed by atoms with Crippen LogP contribution in [0.25, 0.3) is 6.08 Å². The van der Waals surface area contributed by atoms with Crippen LogP contribution in [-0.4, -0.2) is 17.7 Å². The van der Waals surface area contributed by atoms with Crippen molar-refractivity contribution in [1.82, 2.24) is 10.3 Å². The number of hydrogen-bond acceptors (Lipinski definition) is 6. The highest BCUT2D eigenvalue weighted by molar-refractivity contribution is 7.09. The normalized spacial score (nSPS) is 12.9. The molecule has 7 heteroatoms. The van der Waals surface area contributed by atoms with Gasteiger partial charge in [0.05, 0.1) is 16.2 Å². The van der Waals surface area contributed by atoms with Crippen LogP contribution in [0.4, 0.5) is 0 Å². The van der Waals surface area contributed by atoms with Crippen molar-refractivity contribution < 1.29 is 19.0 Å². The van der Waals surface area contributed by atoms with Crippen molar-refractivity contribution in [2.75, 3.05) is 6.79 Å². The van der Waals surface area contributed by atoms with Gasteiger partial charge >= 0.3 is 0 Å². The van der Waals surface area contributed by atoms with E-state index in [0.29, 0.717) is 12.4 Å². The third kappa shape index (κ3) is 5.24. The molecule has 6 nitrogen and oxygen atoms in total. The molecule has 0 fully saturated rings.